The van der Waals surface area contributed by atoms with Crippen LogP contribution < -0.4 is 24.8 Å². The Morgan fingerprint density at radius 2 is 2.00 bits per heavy atom. The summed E-state index contributed by atoms with van der Waals surface area (Å²) in [6.45, 7) is 0. The number of hydrogen-bond acceptors (Lipinski definition) is 1. The summed E-state index contributed by atoms with van der Waals surface area (Å²) in [4.78, 5) is 2.95. The van der Waals surface area contributed by atoms with Gasteiger partial charge >= 0.3 is 25.2 Å². The molecular weight excluding hydrogens is 368 g/mol. The molecule has 0 aromatic heterocycles. The zero-order valence-electron chi connectivity index (χ0n) is 6.85. The Bertz CT molecular complexity index is 312. The third kappa shape index (κ3) is 4.44. The van der Waals surface area contributed by atoms with Gasteiger partial charge in [-0.2, -0.15) is 4.79 Å². The molecule has 0 saturated carbocycles. The summed E-state index contributed by atoms with van der Waals surface area (Å²) in [6.07, 6.45) is 1.85. The maximum atomic E-state index is 9.10. The summed E-state index contributed by atoms with van der Waals surface area (Å²) in [7, 11) is 0. The number of halogens is 4. The Morgan fingerprint density at radius 1 is 1.50 bits per heavy atom. The van der Waals surface area contributed by atoms with Crippen molar-refractivity contribution in [2.45, 2.75) is 6.42 Å². The summed E-state index contributed by atoms with van der Waals surface area (Å²) in [5.74, 6) is 0.0717. The number of nitrogens with zero attached hydrogens (tertiary/aromatic N) is 2. The molecule has 1 aliphatic carbocycles. The van der Waals surface area contributed by atoms with Crippen molar-refractivity contribution < 1.29 is 54.2 Å². The van der Waals surface area contributed by atoms with E-state index in [1.807, 2.05) is 0 Å². The fourth-order valence-corrected chi connectivity index (χ4v) is 1.30. The van der Waals surface area contributed by atoms with Crippen LogP contribution in [0.1, 0.15) is 6.42 Å². The first-order valence-electron chi connectivity index (χ1n) is 2.83. The molecular formula is C6H4BrCl3N2OZn. The summed E-state index contributed by atoms with van der Waals surface area (Å²) in [5.41, 5.74) is 8.75. The van der Waals surface area contributed by atoms with Crippen LogP contribution in [0.25, 0.3) is 5.53 Å². The minimum Gasteiger partial charge on any atom is -1.00 e. The molecule has 3 nitrogen and oxygen atoms in total. The van der Waals surface area contributed by atoms with E-state index in [4.69, 9.17) is 22.2 Å². The molecule has 1 rings (SSSR count). The van der Waals surface area contributed by atoms with Crippen LogP contribution in [0.2, 0.25) is 0 Å². The minimum absolute atomic E-state index is 0. The average Bonchev–Trinajstić information content (AvgIpc) is 2.01. The van der Waals surface area contributed by atoms with Gasteiger partial charge in [0, 0.05) is 0 Å². The van der Waals surface area contributed by atoms with E-state index < -0.39 is 0 Å². The van der Waals surface area contributed by atoms with Crippen molar-refractivity contribution in [2.75, 3.05) is 0 Å². The van der Waals surface area contributed by atoms with Crippen molar-refractivity contribution in [2.24, 2.45) is 0 Å². The Morgan fingerprint density at radius 3 is 2.43 bits per heavy atom. The van der Waals surface area contributed by atoms with Crippen LogP contribution in [-0.4, -0.2) is 15.6 Å². The van der Waals surface area contributed by atoms with Crippen LogP contribution in [0.4, 0.5) is 0 Å². The van der Waals surface area contributed by atoms with E-state index in [2.05, 4.69) is 20.7 Å². The Kier molecular flexibility index (Phi) is 12.8. The van der Waals surface area contributed by atoms with Gasteiger partial charge < -0.3 is 35.5 Å². The predicted molar refractivity (Wildman–Crippen MR) is 45.8 cm³/mol. The molecule has 0 atom stereocenters. The van der Waals surface area contributed by atoms with Gasteiger partial charge in [-0.3, -0.25) is 0 Å². The van der Waals surface area contributed by atoms with E-state index in [1.54, 1.807) is 0 Å². The number of aliphatic hydroxyl groups is 1. The first-order chi connectivity index (χ1) is 5.16. The van der Waals surface area contributed by atoms with E-state index in [1.165, 1.54) is 6.08 Å². The Labute approximate surface area is 120 Å². The first kappa shape index (κ1) is 20.1. The van der Waals surface area contributed by atoms with Gasteiger partial charge in [0.2, 0.25) is 0 Å². The average molecular weight is 372 g/mol. The second kappa shape index (κ2) is 8.90. The van der Waals surface area contributed by atoms with Gasteiger partial charge in [-0.15, -0.1) is 0 Å². The third-order valence-electron chi connectivity index (χ3n) is 1.28. The maximum Gasteiger partial charge on any atom is 2.00 e. The Balaban J connectivity index is -0.000000403. The zero-order chi connectivity index (χ0) is 8.43. The van der Waals surface area contributed by atoms with E-state index in [-0.39, 0.29) is 55.1 Å². The van der Waals surface area contributed by atoms with Crippen LogP contribution in [-0.2, 0) is 19.5 Å². The molecule has 14 heavy (non-hydrogen) atoms. The van der Waals surface area contributed by atoms with Gasteiger partial charge in [0.15, 0.2) is 0 Å². The summed E-state index contributed by atoms with van der Waals surface area (Å²) in [5, 5.41) is 9.34. The van der Waals surface area contributed by atoms with Gasteiger partial charge in [-0.25, -0.2) is 0 Å². The molecule has 1 N–H and O–H groups in total. The summed E-state index contributed by atoms with van der Waals surface area (Å²) in [6, 6.07) is 0. The molecule has 0 amide bonds. The molecule has 0 unspecified atom stereocenters. The second-order valence-corrected chi connectivity index (χ2v) is 3.14. The van der Waals surface area contributed by atoms with Crippen LogP contribution >= 0.6 is 27.5 Å². The molecule has 0 saturated heterocycles. The van der Waals surface area contributed by atoms with E-state index in [0.717, 1.165) is 0 Å². The predicted octanol–water partition coefficient (Wildman–Crippen LogP) is -3.65. The second-order valence-electron chi connectivity index (χ2n) is 1.97. The molecule has 8 heteroatoms. The number of rotatable bonds is 0. The van der Waals surface area contributed by atoms with Crippen LogP contribution in [0.5, 0.6) is 0 Å². The maximum absolute atomic E-state index is 9.10. The van der Waals surface area contributed by atoms with Crippen molar-refractivity contribution >= 4 is 33.2 Å². The SMILES string of the molecule is [Cl-].[Cl-].[N-]=[N+]=C1CC=C(O)C(Br)=C1Cl.[Zn+2]. The quantitative estimate of drug-likeness (QED) is 0.266. The molecule has 74 valence electrons. The number of allylic oxidation sites excluding steroid dienone is 3. The standard InChI is InChI=1S/C6H4BrClN2O.2ClH.Zn/c7-5-4(11)2-1-3(10-9)6(5)8;;;/h2,11H,1H2;2*1H;/q;;;+2/p-2. The van der Waals surface area contributed by atoms with E-state index >= 15 is 0 Å². The van der Waals surface area contributed by atoms with Crippen molar-refractivity contribution in [1.82, 2.24) is 0 Å². The van der Waals surface area contributed by atoms with Gasteiger partial charge in [0.25, 0.3) is 0 Å². The summed E-state index contributed by atoms with van der Waals surface area (Å²) >= 11 is 8.71. The number of hydrogen-bond donors (Lipinski definition) is 1. The van der Waals surface area contributed by atoms with Crippen molar-refractivity contribution in [3.05, 3.63) is 26.9 Å². The van der Waals surface area contributed by atoms with E-state index in [0.29, 0.717) is 16.6 Å². The molecule has 0 radical (unpaired) electrons. The minimum atomic E-state index is 0. The molecule has 0 spiro atoms. The molecule has 0 aromatic carbocycles. The Hall–Kier alpha value is 0.633. The molecule has 0 bridgehead atoms. The molecule has 1 aliphatic rings. The monoisotopic (exact) mass is 368 g/mol. The molecule has 0 fully saturated rings. The molecule has 0 aliphatic heterocycles. The fourth-order valence-electron chi connectivity index (χ4n) is 0.696. The van der Waals surface area contributed by atoms with Crippen LogP contribution in [0.15, 0.2) is 21.3 Å². The van der Waals surface area contributed by atoms with Gasteiger partial charge in [0.05, 0.1) is 10.9 Å². The fraction of sp³-hybridized carbons (Fsp3) is 0.167. The van der Waals surface area contributed by atoms with E-state index in [9.17, 15) is 0 Å². The van der Waals surface area contributed by atoms with Gasteiger partial charge in [-0.05, 0) is 22.0 Å². The summed E-state index contributed by atoms with van der Waals surface area (Å²) < 4.78 is 0.359. The normalized spacial score (nSPS) is 14.1. The zero-order valence-corrected chi connectivity index (χ0v) is 13.7. The largest absolute Gasteiger partial charge is 2.00 e. The number of aliphatic hydroxyl groups excluding tert-OH is 1. The van der Waals surface area contributed by atoms with Crippen molar-refractivity contribution in [3.8, 4) is 0 Å². The van der Waals surface area contributed by atoms with Crippen molar-refractivity contribution in [3.63, 3.8) is 0 Å². The molecule has 0 heterocycles. The van der Waals surface area contributed by atoms with Crippen molar-refractivity contribution in [1.29, 1.82) is 0 Å². The molecule has 0 aromatic rings. The topological polar surface area (TPSA) is 56.6 Å². The first-order valence-corrected chi connectivity index (χ1v) is 4.00. The van der Waals surface area contributed by atoms with Crippen LogP contribution in [0, 0.1) is 0 Å². The smallest absolute Gasteiger partial charge is 1.00 e. The van der Waals surface area contributed by atoms with Gasteiger partial charge in [0.1, 0.15) is 10.8 Å². The van der Waals surface area contributed by atoms with Crippen LogP contribution in [0.3, 0.4) is 0 Å². The van der Waals surface area contributed by atoms with Gasteiger partial charge in [-0.1, -0.05) is 11.6 Å². The third-order valence-corrected chi connectivity index (χ3v) is 2.72.